The lowest BCUT2D eigenvalue weighted by molar-refractivity contribution is 0.564. The molecule has 1 N–H and O–H groups in total. The van der Waals surface area contributed by atoms with Gasteiger partial charge in [0.05, 0.1) is 16.4 Å². The third-order valence-electron chi connectivity index (χ3n) is 2.55. The fourth-order valence-electron chi connectivity index (χ4n) is 1.64. The topological polar surface area (TPSA) is 40.5 Å². The van der Waals surface area contributed by atoms with E-state index in [1.165, 1.54) is 4.31 Å². The Kier molecular flexibility index (Phi) is 4.47. The van der Waals surface area contributed by atoms with Gasteiger partial charge in [0.2, 0.25) is 0 Å². The number of halogens is 2. The van der Waals surface area contributed by atoms with Gasteiger partial charge in [-0.3, -0.25) is 4.55 Å². The van der Waals surface area contributed by atoms with Crippen molar-refractivity contribution in [3.63, 3.8) is 0 Å². The average molecular weight is 316 g/mol. The number of hydrogen-bond acceptors (Lipinski definition) is 1. The molecule has 0 aliphatic rings. The molecule has 1 unspecified atom stereocenters. The highest BCUT2D eigenvalue weighted by atomic mass is 35.5. The molecule has 0 aromatic heterocycles. The molecule has 0 radical (unpaired) electrons. The van der Waals surface area contributed by atoms with Gasteiger partial charge in [-0.25, -0.2) is 8.51 Å². The summed E-state index contributed by atoms with van der Waals surface area (Å²) in [7, 11) is 0. The van der Waals surface area contributed by atoms with Gasteiger partial charge in [-0.05, 0) is 37.3 Å². The van der Waals surface area contributed by atoms with Crippen LogP contribution < -0.4 is 4.31 Å². The van der Waals surface area contributed by atoms with Crippen molar-refractivity contribution in [2.75, 3.05) is 4.31 Å². The van der Waals surface area contributed by atoms with Crippen molar-refractivity contribution in [3.05, 3.63) is 58.1 Å². The molecule has 0 fully saturated rings. The molecule has 100 valence electrons. The molecule has 2 rings (SSSR count). The van der Waals surface area contributed by atoms with Gasteiger partial charge in [0.25, 0.3) is 11.3 Å². The molecule has 0 heterocycles. The number of aryl methyl sites for hydroxylation is 1. The second-order valence-corrected chi connectivity index (χ2v) is 5.63. The maximum absolute atomic E-state index is 11.6. The highest BCUT2D eigenvalue weighted by Gasteiger charge is 2.18. The van der Waals surface area contributed by atoms with E-state index in [-0.39, 0.29) is 0 Å². The molecular weight excluding hydrogens is 305 g/mol. The van der Waals surface area contributed by atoms with E-state index in [2.05, 4.69) is 0 Å². The Morgan fingerprint density at radius 2 is 1.74 bits per heavy atom. The van der Waals surface area contributed by atoms with Crippen LogP contribution in [0, 0.1) is 6.92 Å². The van der Waals surface area contributed by atoms with Gasteiger partial charge in [-0.1, -0.05) is 40.9 Å². The first kappa shape index (κ1) is 14.3. The van der Waals surface area contributed by atoms with Crippen LogP contribution >= 0.6 is 23.2 Å². The molecule has 3 nitrogen and oxygen atoms in total. The number of nitrogens with zero attached hydrogens (tertiary/aromatic N) is 1. The Morgan fingerprint density at radius 3 is 2.32 bits per heavy atom. The Morgan fingerprint density at radius 1 is 1.11 bits per heavy atom. The minimum absolute atomic E-state index is 0.354. The SMILES string of the molecule is Cc1ccc(N(c2cc(Cl)ccc2Cl)S(=O)O)cc1. The minimum Gasteiger partial charge on any atom is -0.289 e. The summed E-state index contributed by atoms with van der Waals surface area (Å²) < 4.78 is 22.3. The van der Waals surface area contributed by atoms with Gasteiger partial charge in [0.15, 0.2) is 0 Å². The van der Waals surface area contributed by atoms with Crippen molar-refractivity contribution in [2.45, 2.75) is 6.92 Å². The first-order valence-electron chi connectivity index (χ1n) is 5.42. The standard InChI is InChI=1S/C13H11Cl2NO2S/c1-9-2-5-11(6-3-9)16(19(17)18)13-8-10(14)4-7-12(13)15/h2-8H,1H3,(H,17,18). The quantitative estimate of drug-likeness (QED) is 0.842. The van der Waals surface area contributed by atoms with E-state index in [0.29, 0.717) is 21.4 Å². The zero-order chi connectivity index (χ0) is 14.0. The Hall–Kier alpha value is -1.07. The molecule has 19 heavy (non-hydrogen) atoms. The summed E-state index contributed by atoms with van der Waals surface area (Å²) in [5.41, 5.74) is 2.01. The molecule has 2 aromatic carbocycles. The van der Waals surface area contributed by atoms with Crippen LogP contribution in [0.15, 0.2) is 42.5 Å². The van der Waals surface area contributed by atoms with E-state index >= 15 is 0 Å². The number of anilines is 2. The van der Waals surface area contributed by atoms with Crippen molar-refractivity contribution >= 4 is 45.8 Å². The molecule has 0 saturated carbocycles. The van der Waals surface area contributed by atoms with E-state index in [4.69, 9.17) is 23.2 Å². The Labute approximate surface area is 124 Å². The fraction of sp³-hybridized carbons (Fsp3) is 0.0769. The normalized spacial score (nSPS) is 12.2. The van der Waals surface area contributed by atoms with Crippen LogP contribution in [0.4, 0.5) is 11.4 Å². The zero-order valence-corrected chi connectivity index (χ0v) is 12.3. The van der Waals surface area contributed by atoms with Crippen LogP contribution in [0.25, 0.3) is 0 Å². The monoisotopic (exact) mass is 315 g/mol. The van der Waals surface area contributed by atoms with Gasteiger partial charge in [0.1, 0.15) is 0 Å². The zero-order valence-electron chi connectivity index (χ0n) is 10.0. The summed E-state index contributed by atoms with van der Waals surface area (Å²) >= 11 is 9.74. The lowest BCUT2D eigenvalue weighted by Gasteiger charge is -2.21. The van der Waals surface area contributed by atoms with Crippen molar-refractivity contribution in [2.24, 2.45) is 0 Å². The van der Waals surface area contributed by atoms with E-state index in [9.17, 15) is 8.76 Å². The van der Waals surface area contributed by atoms with Crippen LogP contribution in [0.3, 0.4) is 0 Å². The van der Waals surface area contributed by atoms with Crippen LogP contribution in [0.2, 0.25) is 10.0 Å². The molecule has 0 aliphatic carbocycles. The lowest BCUT2D eigenvalue weighted by Crippen LogP contribution is -2.19. The summed E-state index contributed by atoms with van der Waals surface area (Å²) in [5.74, 6) is 0. The van der Waals surface area contributed by atoms with Gasteiger partial charge in [-0.15, -0.1) is 0 Å². The second kappa shape index (κ2) is 5.92. The highest BCUT2D eigenvalue weighted by Crippen LogP contribution is 2.35. The summed E-state index contributed by atoms with van der Waals surface area (Å²) in [6, 6.07) is 12.0. The molecule has 0 bridgehead atoms. The van der Waals surface area contributed by atoms with Crippen molar-refractivity contribution in [1.82, 2.24) is 0 Å². The van der Waals surface area contributed by atoms with E-state index in [1.807, 2.05) is 19.1 Å². The largest absolute Gasteiger partial charge is 0.289 e. The van der Waals surface area contributed by atoms with E-state index in [0.717, 1.165) is 5.56 Å². The van der Waals surface area contributed by atoms with Gasteiger partial charge >= 0.3 is 0 Å². The Bertz CT molecular complexity index is 617. The van der Waals surface area contributed by atoms with Gasteiger partial charge in [-0.2, -0.15) is 0 Å². The summed E-state index contributed by atoms with van der Waals surface area (Å²) in [4.78, 5) is 0. The van der Waals surface area contributed by atoms with Gasteiger partial charge < -0.3 is 0 Å². The molecule has 1 atom stereocenters. The number of rotatable bonds is 3. The predicted octanol–water partition coefficient (Wildman–Crippen LogP) is 4.58. The third kappa shape index (κ3) is 3.28. The van der Waals surface area contributed by atoms with Gasteiger partial charge in [0, 0.05) is 5.02 Å². The van der Waals surface area contributed by atoms with Crippen LogP contribution in [0.1, 0.15) is 5.56 Å². The highest BCUT2D eigenvalue weighted by molar-refractivity contribution is 7.81. The van der Waals surface area contributed by atoms with E-state index in [1.54, 1.807) is 30.3 Å². The molecule has 0 amide bonds. The first-order chi connectivity index (χ1) is 8.99. The third-order valence-corrected chi connectivity index (χ3v) is 3.83. The molecule has 0 spiro atoms. The number of hydrogen-bond donors (Lipinski definition) is 1. The second-order valence-electron chi connectivity index (χ2n) is 3.96. The average Bonchev–Trinajstić information content (AvgIpc) is 2.36. The van der Waals surface area contributed by atoms with Crippen molar-refractivity contribution in [3.8, 4) is 0 Å². The summed E-state index contributed by atoms with van der Waals surface area (Å²) in [6.45, 7) is 1.94. The Balaban J connectivity index is 2.54. The molecule has 0 saturated heterocycles. The molecule has 6 heteroatoms. The van der Waals surface area contributed by atoms with Crippen LogP contribution in [0.5, 0.6) is 0 Å². The fourth-order valence-corrected chi connectivity index (χ4v) is 2.67. The van der Waals surface area contributed by atoms with Crippen molar-refractivity contribution in [1.29, 1.82) is 0 Å². The predicted molar refractivity (Wildman–Crippen MR) is 80.6 cm³/mol. The van der Waals surface area contributed by atoms with E-state index < -0.39 is 11.3 Å². The maximum atomic E-state index is 11.6. The maximum Gasteiger partial charge on any atom is 0.266 e. The molecular formula is C13H11Cl2NO2S. The van der Waals surface area contributed by atoms with Crippen molar-refractivity contribution < 1.29 is 8.76 Å². The summed E-state index contributed by atoms with van der Waals surface area (Å²) in [6.07, 6.45) is 0. The van der Waals surface area contributed by atoms with Crippen LogP contribution in [-0.4, -0.2) is 8.76 Å². The molecule has 0 aliphatic heterocycles. The number of benzene rings is 2. The van der Waals surface area contributed by atoms with Crippen LogP contribution in [-0.2, 0) is 11.3 Å². The first-order valence-corrected chi connectivity index (χ1v) is 7.24. The summed E-state index contributed by atoms with van der Waals surface area (Å²) in [5, 5.41) is 0.800. The smallest absolute Gasteiger partial charge is 0.266 e. The minimum atomic E-state index is -2.24. The lowest BCUT2D eigenvalue weighted by atomic mass is 10.2. The molecule has 2 aromatic rings.